The average Bonchev–Trinajstić information content (AvgIpc) is 3.12. The third kappa shape index (κ3) is 2.74. The Hall–Kier alpha value is -2.56. The number of nitrogens with one attached hydrogen (secondary N) is 1. The van der Waals surface area contributed by atoms with E-state index in [0.29, 0.717) is 17.8 Å². The molecule has 3 rings (SSSR count). The van der Waals surface area contributed by atoms with E-state index in [2.05, 4.69) is 37.9 Å². The second-order valence-corrected chi connectivity index (χ2v) is 6.97. The van der Waals surface area contributed by atoms with Gasteiger partial charge >= 0.3 is 0 Å². The molecule has 0 radical (unpaired) electrons. The van der Waals surface area contributed by atoms with Gasteiger partial charge in [-0.05, 0) is 35.1 Å². The summed E-state index contributed by atoms with van der Waals surface area (Å²) in [6.07, 6.45) is 2.31. The molecule has 2 amide bonds. The molecule has 0 saturated heterocycles. The first-order chi connectivity index (χ1) is 10.8. The number of primary amides is 1. The molecule has 120 valence electrons. The van der Waals surface area contributed by atoms with E-state index in [4.69, 9.17) is 5.73 Å². The quantitative estimate of drug-likeness (QED) is 0.894. The number of benzene rings is 1. The highest BCUT2D eigenvalue weighted by Gasteiger charge is 2.28. The summed E-state index contributed by atoms with van der Waals surface area (Å²) in [5, 5.41) is 0. The van der Waals surface area contributed by atoms with Crippen LogP contribution in [0.1, 0.15) is 52.7 Å². The van der Waals surface area contributed by atoms with Crippen LogP contribution < -0.4 is 10.6 Å². The number of carbonyl (C=O) groups is 2. The van der Waals surface area contributed by atoms with Crippen LogP contribution in [0.5, 0.6) is 0 Å². The van der Waals surface area contributed by atoms with E-state index in [0.717, 1.165) is 12.1 Å². The van der Waals surface area contributed by atoms with Gasteiger partial charge in [0.15, 0.2) is 0 Å². The molecule has 23 heavy (non-hydrogen) atoms. The van der Waals surface area contributed by atoms with Gasteiger partial charge in [-0.1, -0.05) is 32.9 Å². The lowest BCUT2D eigenvalue weighted by atomic mass is 9.86. The number of nitrogens with two attached hydrogens (primary N) is 1. The summed E-state index contributed by atoms with van der Waals surface area (Å²) in [6.45, 7) is 7.18. The third-order valence-corrected chi connectivity index (χ3v) is 4.28. The SMILES string of the molecule is CC(C)(C)c1ccc2c(c1)CCN2C(=O)c1cc(C(N)=O)c[nH]1. The van der Waals surface area contributed by atoms with Crippen molar-refractivity contribution in [2.24, 2.45) is 5.73 Å². The van der Waals surface area contributed by atoms with Crippen LogP contribution in [0, 0.1) is 0 Å². The lowest BCUT2D eigenvalue weighted by Crippen LogP contribution is -2.29. The topological polar surface area (TPSA) is 79.2 Å². The number of hydrogen-bond donors (Lipinski definition) is 2. The van der Waals surface area contributed by atoms with Crippen molar-refractivity contribution in [2.75, 3.05) is 11.4 Å². The number of anilines is 1. The van der Waals surface area contributed by atoms with Gasteiger partial charge in [0.05, 0.1) is 5.56 Å². The Morgan fingerprint density at radius 1 is 1.22 bits per heavy atom. The van der Waals surface area contributed by atoms with Crippen molar-refractivity contribution in [3.63, 3.8) is 0 Å². The maximum atomic E-state index is 12.7. The Morgan fingerprint density at radius 2 is 1.96 bits per heavy atom. The van der Waals surface area contributed by atoms with Crippen LogP contribution in [-0.4, -0.2) is 23.3 Å². The maximum absolute atomic E-state index is 12.7. The monoisotopic (exact) mass is 311 g/mol. The molecule has 0 bridgehead atoms. The normalized spacial score (nSPS) is 14.0. The van der Waals surface area contributed by atoms with Gasteiger partial charge in [0, 0.05) is 18.4 Å². The fourth-order valence-electron chi connectivity index (χ4n) is 2.88. The minimum Gasteiger partial charge on any atom is -0.366 e. The molecule has 1 aliphatic heterocycles. The van der Waals surface area contributed by atoms with E-state index in [9.17, 15) is 9.59 Å². The molecule has 3 N–H and O–H groups in total. The van der Waals surface area contributed by atoms with Gasteiger partial charge in [-0.3, -0.25) is 9.59 Å². The molecule has 2 heterocycles. The lowest BCUT2D eigenvalue weighted by molar-refractivity contribution is 0.0984. The predicted octanol–water partition coefficient (Wildman–Crippen LogP) is 2.61. The standard InChI is InChI=1S/C18H21N3O2/c1-18(2,3)13-4-5-15-11(8-13)6-7-21(15)17(23)14-9-12(10-20-14)16(19)22/h4-5,8-10,20H,6-7H2,1-3H3,(H2,19,22). The summed E-state index contributed by atoms with van der Waals surface area (Å²) < 4.78 is 0. The van der Waals surface area contributed by atoms with Crippen molar-refractivity contribution < 1.29 is 9.59 Å². The van der Waals surface area contributed by atoms with Crippen LogP contribution in [-0.2, 0) is 11.8 Å². The predicted molar refractivity (Wildman–Crippen MR) is 89.8 cm³/mol. The average molecular weight is 311 g/mol. The molecule has 0 atom stereocenters. The zero-order chi connectivity index (χ0) is 16.8. The zero-order valence-electron chi connectivity index (χ0n) is 13.6. The van der Waals surface area contributed by atoms with Gasteiger partial charge in [-0.25, -0.2) is 0 Å². The van der Waals surface area contributed by atoms with Crippen LogP contribution >= 0.6 is 0 Å². The van der Waals surface area contributed by atoms with Crippen molar-refractivity contribution in [3.8, 4) is 0 Å². The first-order valence-corrected chi connectivity index (χ1v) is 7.71. The minimum atomic E-state index is -0.544. The highest BCUT2D eigenvalue weighted by Crippen LogP contribution is 2.33. The number of carbonyl (C=O) groups excluding carboxylic acids is 2. The van der Waals surface area contributed by atoms with E-state index in [1.807, 2.05) is 6.07 Å². The van der Waals surface area contributed by atoms with Crippen LogP contribution in [0.4, 0.5) is 5.69 Å². The summed E-state index contributed by atoms with van der Waals surface area (Å²) in [4.78, 5) is 28.4. The largest absolute Gasteiger partial charge is 0.366 e. The molecule has 0 spiro atoms. The molecule has 0 fully saturated rings. The smallest absolute Gasteiger partial charge is 0.274 e. The van der Waals surface area contributed by atoms with E-state index in [1.54, 1.807) is 4.90 Å². The molecule has 1 aromatic carbocycles. The van der Waals surface area contributed by atoms with Crippen molar-refractivity contribution >= 4 is 17.5 Å². The Balaban J connectivity index is 1.90. The van der Waals surface area contributed by atoms with E-state index in [-0.39, 0.29) is 11.3 Å². The second-order valence-electron chi connectivity index (χ2n) is 6.97. The first kappa shape index (κ1) is 15.3. The van der Waals surface area contributed by atoms with Crippen LogP contribution in [0.25, 0.3) is 0 Å². The highest BCUT2D eigenvalue weighted by molar-refractivity contribution is 6.07. The zero-order valence-corrected chi connectivity index (χ0v) is 13.6. The van der Waals surface area contributed by atoms with Crippen molar-refractivity contribution in [3.05, 3.63) is 52.8 Å². The summed E-state index contributed by atoms with van der Waals surface area (Å²) in [6, 6.07) is 7.78. The van der Waals surface area contributed by atoms with Gasteiger partial charge < -0.3 is 15.6 Å². The minimum absolute atomic E-state index is 0.0856. The van der Waals surface area contributed by atoms with E-state index < -0.39 is 5.91 Å². The van der Waals surface area contributed by atoms with Crippen molar-refractivity contribution in [1.82, 2.24) is 4.98 Å². The number of fused-ring (bicyclic) bond motifs is 1. The summed E-state index contributed by atoms with van der Waals surface area (Å²) >= 11 is 0. The van der Waals surface area contributed by atoms with Crippen molar-refractivity contribution in [1.29, 1.82) is 0 Å². The Bertz CT molecular complexity index is 784. The Kier molecular flexibility index (Phi) is 3.51. The lowest BCUT2D eigenvalue weighted by Gasteiger charge is -2.21. The molecule has 1 aromatic heterocycles. The fraction of sp³-hybridized carbons (Fsp3) is 0.333. The first-order valence-electron chi connectivity index (χ1n) is 7.71. The van der Waals surface area contributed by atoms with Crippen LogP contribution in [0.15, 0.2) is 30.5 Å². The number of aromatic nitrogens is 1. The van der Waals surface area contributed by atoms with Gasteiger partial charge in [0.1, 0.15) is 5.69 Å². The number of aromatic amines is 1. The van der Waals surface area contributed by atoms with E-state index >= 15 is 0 Å². The van der Waals surface area contributed by atoms with Crippen LogP contribution in [0.2, 0.25) is 0 Å². The Morgan fingerprint density at radius 3 is 2.57 bits per heavy atom. The molecule has 0 saturated carbocycles. The molecule has 2 aromatic rings. The Labute approximate surface area is 135 Å². The van der Waals surface area contributed by atoms with Gasteiger partial charge in [-0.15, -0.1) is 0 Å². The highest BCUT2D eigenvalue weighted by atomic mass is 16.2. The molecule has 0 unspecified atom stereocenters. The molecular formula is C18H21N3O2. The molecule has 1 aliphatic rings. The van der Waals surface area contributed by atoms with Gasteiger partial charge in [-0.2, -0.15) is 0 Å². The number of H-pyrrole nitrogens is 1. The van der Waals surface area contributed by atoms with Crippen LogP contribution in [0.3, 0.4) is 0 Å². The molecular weight excluding hydrogens is 290 g/mol. The fourth-order valence-corrected chi connectivity index (χ4v) is 2.88. The number of amides is 2. The maximum Gasteiger partial charge on any atom is 0.274 e. The van der Waals surface area contributed by atoms with Gasteiger partial charge in [0.2, 0.25) is 5.91 Å². The van der Waals surface area contributed by atoms with Crippen molar-refractivity contribution in [2.45, 2.75) is 32.6 Å². The number of rotatable bonds is 2. The second kappa shape index (κ2) is 5.26. The number of nitrogens with zero attached hydrogens (tertiary/aromatic N) is 1. The summed E-state index contributed by atoms with van der Waals surface area (Å²) in [7, 11) is 0. The summed E-state index contributed by atoms with van der Waals surface area (Å²) in [5.41, 5.74) is 9.41. The summed E-state index contributed by atoms with van der Waals surface area (Å²) in [5.74, 6) is -0.684. The molecule has 5 nitrogen and oxygen atoms in total. The number of hydrogen-bond acceptors (Lipinski definition) is 2. The third-order valence-electron chi connectivity index (χ3n) is 4.28. The van der Waals surface area contributed by atoms with Gasteiger partial charge in [0.25, 0.3) is 5.91 Å². The van der Waals surface area contributed by atoms with E-state index in [1.165, 1.54) is 23.4 Å². The molecule has 5 heteroatoms. The molecule has 0 aliphatic carbocycles.